The Kier molecular flexibility index (Phi) is 4.24. The first-order valence-electron chi connectivity index (χ1n) is 8.08. The van der Waals surface area contributed by atoms with Gasteiger partial charge in [-0.3, -0.25) is 9.59 Å². The van der Waals surface area contributed by atoms with Crippen molar-refractivity contribution in [1.29, 1.82) is 0 Å². The number of ether oxygens (including phenoxy) is 1. The SMILES string of the molecule is CCOC(=O)[C@H]1[C@@H]2CN(C(=O)c3cc(C)on3)C[C@@H]2C=C[C@@H]1C. The summed E-state index contributed by atoms with van der Waals surface area (Å²) in [5, 5.41) is 3.80. The number of allylic oxidation sites excluding steroid dienone is 1. The van der Waals surface area contributed by atoms with Gasteiger partial charge in [0.05, 0.1) is 12.5 Å². The quantitative estimate of drug-likeness (QED) is 0.630. The summed E-state index contributed by atoms with van der Waals surface area (Å²) in [5.41, 5.74) is 0.325. The minimum Gasteiger partial charge on any atom is -0.466 e. The number of fused-ring (bicyclic) bond motifs is 1. The molecule has 4 atom stereocenters. The van der Waals surface area contributed by atoms with E-state index in [1.165, 1.54) is 0 Å². The number of rotatable bonds is 3. The van der Waals surface area contributed by atoms with Crippen molar-refractivity contribution < 1.29 is 18.8 Å². The van der Waals surface area contributed by atoms with Gasteiger partial charge in [-0.1, -0.05) is 24.2 Å². The Morgan fingerprint density at radius 3 is 2.83 bits per heavy atom. The number of carbonyl (C=O) groups is 2. The van der Waals surface area contributed by atoms with E-state index in [-0.39, 0.29) is 35.5 Å². The molecule has 0 saturated carbocycles. The van der Waals surface area contributed by atoms with E-state index < -0.39 is 0 Å². The van der Waals surface area contributed by atoms with E-state index in [4.69, 9.17) is 9.26 Å². The number of hydrogen-bond donors (Lipinski definition) is 0. The van der Waals surface area contributed by atoms with Crippen LogP contribution in [0.25, 0.3) is 0 Å². The fourth-order valence-corrected chi connectivity index (χ4v) is 3.69. The highest BCUT2D eigenvalue weighted by Crippen LogP contribution is 2.40. The molecule has 2 heterocycles. The zero-order chi connectivity index (χ0) is 16.6. The highest BCUT2D eigenvalue weighted by atomic mass is 16.5. The van der Waals surface area contributed by atoms with Gasteiger partial charge < -0.3 is 14.2 Å². The zero-order valence-electron chi connectivity index (χ0n) is 13.7. The van der Waals surface area contributed by atoms with Gasteiger partial charge in [0.2, 0.25) is 0 Å². The Bertz CT molecular complexity index is 636. The summed E-state index contributed by atoms with van der Waals surface area (Å²) in [6, 6.07) is 1.64. The summed E-state index contributed by atoms with van der Waals surface area (Å²) in [5.74, 6) is 0.540. The van der Waals surface area contributed by atoms with Gasteiger partial charge in [0, 0.05) is 19.2 Å². The maximum atomic E-state index is 12.6. The average Bonchev–Trinajstić information content (AvgIpc) is 3.12. The van der Waals surface area contributed by atoms with Gasteiger partial charge in [0.1, 0.15) is 5.76 Å². The number of amides is 1. The van der Waals surface area contributed by atoms with Crippen LogP contribution in [0, 0.1) is 30.6 Å². The van der Waals surface area contributed by atoms with Crippen LogP contribution in [0.4, 0.5) is 0 Å². The zero-order valence-corrected chi connectivity index (χ0v) is 13.7. The number of esters is 1. The van der Waals surface area contributed by atoms with Gasteiger partial charge in [-0.2, -0.15) is 0 Å². The van der Waals surface area contributed by atoms with Crippen molar-refractivity contribution in [3.8, 4) is 0 Å². The van der Waals surface area contributed by atoms with Gasteiger partial charge in [-0.05, 0) is 31.6 Å². The lowest BCUT2D eigenvalue weighted by Crippen LogP contribution is -2.37. The first-order chi connectivity index (χ1) is 11.0. The fourth-order valence-electron chi connectivity index (χ4n) is 3.69. The summed E-state index contributed by atoms with van der Waals surface area (Å²) in [4.78, 5) is 26.6. The molecule has 1 aromatic heterocycles. The maximum Gasteiger partial charge on any atom is 0.309 e. The minimum absolute atomic E-state index is 0.103. The molecular formula is C17H22N2O4. The molecule has 0 aromatic carbocycles. The smallest absolute Gasteiger partial charge is 0.309 e. The van der Waals surface area contributed by atoms with Crippen LogP contribution >= 0.6 is 0 Å². The molecule has 0 bridgehead atoms. The molecular weight excluding hydrogens is 296 g/mol. The molecule has 3 rings (SSSR count). The maximum absolute atomic E-state index is 12.6. The summed E-state index contributed by atoms with van der Waals surface area (Å²) in [6.07, 6.45) is 4.20. The molecule has 1 saturated heterocycles. The molecule has 6 nitrogen and oxygen atoms in total. The normalized spacial score (nSPS) is 29.4. The Hall–Kier alpha value is -2.11. The van der Waals surface area contributed by atoms with Crippen LogP contribution in [0.3, 0.4) is 0 Å². The molecule has 1 aliphatic carbocycles. The molecule has 124 valence electrons. The highest BCUT2D eigenvalue weighted by Gasteiger charge is 2.46. The fraction of sp³-hybridized carbons (Fsp3) is 0.588. The lowest BCUT2D eigenvalue weighted by atomic mass is 9.72. The Balaban J connectivity index is 1.77. The van der Waals surface area contributed by atoms with Crippen molar-refractivity contribution in [1.82, 2.24) is 10.1 Å². The Morgan fingerprint density at radius 1 is 1.39 bits per heavy atom. The van der Waals surface area contributed by atoms with Crippen LogP contribution in [-0.2, 0) is 9.53 Å². The topological polar surface area (TPSA) is 72.6 Å². The van der Waals surface area contributed by atoms with Crippen LogP contribution in [0.2, 0.25) is 0 Å². The van der Waals surface area contributed by atoms with Crippen molar-refractivity contribution in [2.75, 3.05) is 19.7 Å². The number of likely N-dealkylation sites (tertiary alicyclic amines) is 1. The summed E-state index contributed by atoms with van der Waals surface area (Å²) >= 11 is 0. The molecule has 0 radical (unpaired) electrons. The van der Waals surface area contributed by atoms with Crippen LogP contribution in [0.1, 0.15) is 30.1 Å². The number of hydrogen-bond acceptors (Lipinski definition) is 5. The van der Waals surface area contributed by atoms with Crippen LogP contribution in [0.15, 0.2) is 22.7 Å². The van der Waals surface area contributed by atoms with Gasteiger partial charge in [-0.25, -0.2) is 0 Å². The van der Waals surface area contributed by atoms with E-state index in [2.05, 4.69) is 17.3 Å². The molecule has 1 aliphatic heterocycles. The summed E-state index contributed by atoms with van der Waals surface area (Å²) < 4.78 is 10.2. The number of carbonyl (C=O) groups excluding carboxylic acids is 2. The average molecular weight is 318 g/mol. The van der Waals surface area contributed by atoms with Crippen molar-refractivity contribution in [3.05, 3.63) is 29.7 Å². The minimum atomic E-state index is -0.193. The highest BCUT2D eigenvalue weighted by molar-refractivity contribution is 5.92. The summed E-state index contributed by atoms with van der Waals surface area (Å²) in [7, 11) is 0. The lowest BCUT2D eigenvalue weighted by Gasteiger charge is -2.31. The molecule has 1 fully saturated rings. The predicted molar refractivity (Wildman–Crippen MR) is 82.6 cm³/mol. The van der Waals surface area contributed by atoms with E-state index in [9.17, 15) is 9.59 Å². The van der Waals surface area contributed by atoms with Crippen molar-refractivity contribution >= 4 is 11.9 Å². The number of aryl methyl sites for hydroxylation is 1. The van der Waals surface area contributed by atoms with Gasteiger partial charge >= 0.3 is 5.97 Å². The monoisotopic (exact) mass is 318 g/mol. The first-order valence-corrected chi connectivity index (χ1v) is 8.08. The molecule has 2 aliphatic rings. The molecule has 0 unspecified atom stereocenters. The molecule has 0 N–H and O–H groups in total. The van der Waals surface area contributed by atoms with Crippen LogP contribution in [0.5, 0.6) is 0 Å². The third-order valence-corrected chi connectivity index (χ3v) is 4.80. The van der Waals surface area contributed by atoms with E-state index in [1.807, 2.05) is 13.8 Å². The second-order valence-corrected chi connectivity index (χ2v) is 6.38. The second kappa shape index (κ2) is 6.18. The lowest BCUT2D eigenvalue weighted by molar-refractivity contribution is -0.152. The van der Waals surface area contributed by atoms with Gasteiger partial charge in [0.15, 0.2) is 5.69 Å². The van der Waals surface area contributed by atoms with E-state index in [1.54, 1.807) is 17.9 Å². The van der Waals surface area contributed by atoms with Crippen LogP contribution in [-0.4, -0.2) is 41.6 Å². The van der Waals surface area contributed by atoms with E-state index in [0.29, 0.717) is 31.2 Å². The third kappa shape index (κ3) is 2.90. The number of nitrogens with zero attached hydrogens (tertiary/aromatic N) is 2. The van der Waals surface area contributed by atoms with E-state index in [0.717, 1.165) is 0 Å². The molecule has 6 heteroatoms. The van der Waals surface area contributed by atoms with Crippen molar-refractivity contribution in [2.45, 2.75) is 20.8 Å². The standard InChI is InChI=1S/C17H22N2O4/c1-4-22-17(21)15-10(2)5-6-12-8-19(9-13(12)15)16(20)14-7-11(3)23-18-14/h5-7,10,12-13,15H,4,8-9H2,1-3H3/t10-,12-,13+,15+/m0/s1. The first kappa shape index (κ1) is 15.8. The van der Waals surface area contributed by atoms with E-state index >= 15 is 0 Å². The largest absolute Gasteiger partial charge is 0.466 e. The number of aromatic nitrogens is 1. The predicted octanol–water partition coefficient (Wildman–Crippen LogP) is 2.06. The second-order valence-electron chi connectivity index (χ2n) is 6.38. The molecule has 1 aromatic rings. The summed E-state index contributed by atoms with van der Waals surface area (Å²) in [6.45, 7) is 7.14. The van der Waals surface area contributed by atoms with Crippen LogP contribution < -0.4 is 0 Å². The van der Waals surface area contributed by atoms with Crippen molar-refractivity contribution in [3.63, 3.8) is 0 Å². The van der Waals surface area contributed by atoms with Gasteiger partial charge in [-0.15, -0.1) is 0 Å². The Labute approximate surface area is 135 Å². The molecule has 23 heavy (non-hydrogen) atoms. The van der Waals surface area contributed by atoms with Gasteiger partial charge in [0.25, 0.3) is 5.91 Å². The Morgan fingerprint density at radius 2 is 2.17 bits per heavy atom. The third-order valence-electron chi connectivity index (χ3n) is 4.80. The molecule has 1 amide bonds. The van der Waals surface area contributed by atoms with Crippen molar-refractivity contribution in [2.24, 2.45) is 23.7 Å². The molecule has 0 spiro atoms.